The van der Waals surface area contributed by atoms with Crippen molar-refractivity contribution in [3.05, 3.63) is 59.4 Å². The summed E-state index contributed by atoms with van der Waals surface area (Å²) in [6.45, 7) is 0.712. The third kappa shape index (κ3) is 4.15. The molecule has 9 nitrogen and oxygen atoms in total. The number of hydrogen-bond acceptors (Lipinski definition) is 8. The lowest BCUT2D eigenvalue weighted by atomic mass is 9.92. The molecule has 1 aliphatic heterocycles. The summed E-state index contributed by atoms with van der Waals surface area (Å²) >= 11 is 0. The first-order chi connectivity index (χ1) is 15.0. The summed E-state index contributed by atoms with van der Waals surface area (Å²) in [5.74, 6) is -0.185. The van der Waals surface area contributed by atoms with Gasteiger partial charge in [-0.2, -0.15) is 0 Å². The van der Waals surface area contributed by atoms with Crippen molar-refractivity contribution in [3.63, 3.8) is 0 Å². The summed E-state index contributed by atoms with van der Waals surface area (Å²) in [5, 5.41) is 0. The van der Waals surface area contributed by atoms with Crippen LogP contribution in [-0.2, 0) is 12.8 Å². The third-order valence-electron chi connectivity index (χ3n) is 5.22. The average Bonchev–Trinajstić information content (AvgIpc) is 2.77. The summed E-state index contributed by atoms with van der Waals surface area (Å²) in [5.41, 5.74) is 14.0. The number of aromatic nitrogens is 4. The first-order valence-corrected chi connectivity index (χ1v) is 9.77. The molecule has 3 aromatic rings. The van der Waals surface area contributed by atoms with E-state index < -0.39 is 5.82 Å². The second kappa shape index (κ2) is 8.60. The number of benzene rings is 1. The van der Waals surface area contributed by atoms with Gasteiger partial charge in [0, 0.05) is 37.3 Å². The van der Waals surface area contributed by atoms with Crippen molar-refractivity contribution in [1.82, 2.24) is 24.8 Å². The number of carbonyl (C=O) groups is 1. The maximum Gasteiger partial charge on any atom is 0.257 e. The SMILES string of the molecule is COc1cncc(-c2cc(CC3Cc4nc(N)ncc4C(=O)N3CCN)ccc2F)n1. The van der Waals surface area contributed by atoms with Crippen molar-refractivity contribution in [3.8, 4) is 17.1 Å². The van der Waals surface area contributed by atoms with E-state index in [0.717, 1.165) is 5.56 Å². The zero-order valence-corrected chi connectivity index (χ0v) is 17.0. The van der Waals surface area contributed by atoms with E-state index in [-0.39, 0.29) is 17.9 Å². The second-order valence-corrected chi connectivity index (χ2v) is 7.20. The van der Waals surface area contributed by atoms with Crippen molar-refractivity contribution in [2.24, 2.45) is 5.73 Å². The second-order valence-electron chi connectivity index (χ2n) is 7.20. The van der Waals surface area contributed by atoms with Crippen LogP contribution in [0.1, 0.15) is 21.6 Å². The van der Waals surface area contributed by atoms with Crippen molar-refractivity contribution in [2.75, 3.05) is 25.9 Å². The molecule has 0 saturated heterocycles. The molecular weight excluding hydrogens is 401 g/mol. The van der Waals surface area contributed by atoms with Crippen molar-refractivity contribution >= 4 is 11.9 Å². The zero-order chi connectivity index (χ0) is 22.0. The Hall–Kier alpha value is -3.66. The fourth-order valence-electron chi connectivity index (χ4n) is 3.77. The Balaban J connectivity index is 1.66. The van der Waals surface area contributed by atoms with Gasteiger partial charge in [-0.15, -0.1) is 0 Å². The van der Waals surface area contributed by atoms with E-state index in [1.165, 1.54) is 31.8 Å². The summed E-state index contributed by atoms with van der Waals surface area (Å²) in [4.78, 5) is 31.2. The molecule has 4 N–H and O–H groups in total. The van der Waals surface area contributed by atoms with Gasteiger partial charge < -0.3 is 21.1 Å². The van der Waals surface area contributed by atoms with Gasteiger partial charge in [0.2, 0.25) is 11.8 Å². The highest BCUT2D eigenvalue weighted by Gasteiger charge is 2.33. The minimum atomic E-state index is -0.421. The third-order valence-corrected chi connectivity index (χ3v) is 5.22. The number of nitrogen functional groups attached to an aromatic ring is 1. The highest BCUT2D eigenvalue weighted by atomic mass is 19.1. The zero-order valence-electron chi connectivity index (χ0n) is 17.0. The standard InChI is InChI=1S/C21H22FN7O2/c1-31-19-11-25-10-18(27-19)14-7-12(2-3-16(14)22)6-13-8-17-15(9-26-21(24)28-17)20(30)29(13)5-4-23/h2-3,7,9-11,13H,4-6,8,23H2,1H3,(H2,24,26,28). The fourth-order valence-corrected chi connectivity index (χ4v) is 3.77. The summed E-state index contributed by atoms with van der Waals surface area (Å²) < 4.78 is 19.6. The van der Waals surface area contributed by atoms with E-state index in [2.05, 4.69) is 19.9 Å². The molecule has 1 aromatic carbocycles. The van der Waals surface area contributed by atoms with Crippen LogP contribution in [0.2, 0.25) is 0 Å². The number of rotatable bonds is 6. The molecule has 0 saturated carbocycles. The molecule has 31 heavy (non-hydrogen) atoms. The lowest BCUT2D eigenvalue weighted by Crippen LogP contribution is -2.49. The van der Waals surface area contributed by atoms with Crippen LogP contribution in [0.25, 0.3) is 11.3 Å². The number of ether oxygens (including phenoxy) is 1. The number of nitrogens with zero attached hydrogens (tertiary/aromatic N) is 5. The first kappa shape index (κ1) is 20.6. The topological polar surface area (TPSA) is 133 Å². The average molecular weight is 423 g/mol. The Morgan fingerprint density at radius 1 is 1.23 bits per heavy atom. The molecule has 0 radical (unpaired) electrons. The quantitative estimate of drug-likeness (QED) is 0.605. The lowest BCUT2D eigenvalue weighted by Gasteiger charge is -2.36. The van der Waals surface area contributed by atoms with Gasteiger partial charge in [-0.25, -0.2) is 19.3 Å². The van der Waals surface area contributed by atoms with E-state index in [1.807, 2.05) is 0 Å². The molecule has 0 aliphatic carbocycles. The van der Waals surface area contributed by atoms with Gasteiger partial charge in [0.05, 0.1) is 36.5 Å². The fraction of sp³-hybridized carbons (Fsp3) is 0.286. The molecule has 1 atom stereocenters. The summed E-state index contributed by atoms with van der Waals surface area (Å²) in [6, 6.07) is 4.60. The molecule has 1 amide bonds. The lowest BCUT2D eigenvalue weighted by molar-refractivity contribution is 0.0652. The van der Waals surface area contributed by atoms with Crippen LogP contribution in [-0.4, -0.2) is 57.0 Å². The number of carbonyl (C=O) groups excluding carboxylic acids is 1. The van der Waals surface area contributed by atoms with Crippen LogP contribution in [0.15, 0.2) is 36.8 Å². The number of amides is 1. The number of anilines is 1. The predicted octanol–water partition coefficient (Wildman–Crippen LogP) is 1.23. The molecule has 1 aliphatic rings. The van der Waals surface area contributed by atoms with Crippen molar-refractivity contribution < 1.29 is 13.9 Å². The highest BCUT2D eigenvalue weighted by molar-refractivity contribution is 5.96. The molecule has 4 rings (SSSR count). The Labute approximate surface area is 178 Å². The maximum absolute atomic E-state index is 14.6. The first-order valence-electron chi connectivity index (χ1n) is 9.77. The minimum absolute atomic E-state index is 0.123. The molecule has 0 spiro atoms. The van der Waals surface area contributed by atoms with Gasteiger partial charge in [0.15, 0.2) is 0 Å². The summed E-state index contributed by atoms with van der Waals surface area (Å²) in [7, 11) is 1.47. The normalized spacial score (nSPS) is 15.6. The molecular formula is C21H22FN7O2. The van der Waals surface area contributed by atoms with E-state index in [1.54, 1.807) is 17.0 Å². The molecule has 0 fully saturated rings. The van der Waals surface area contributed by atoms with Crippen LogP contribution in [0.3, 0.4) is 0 Å². The molecule has 10 heteroatoms. The van der Waals surface area contributed by atoms with Crippen LogP contribution >= 0.6 is 0 Å². The molecule has 2 aromatic heterocycles. The van der Waals surface area contributed by atoms with E-state index >= 15 is 0 Å². The van der Waals surface area contributed by atoms with E-state index in [4.69, 9.17) is 16.2 Å². The minimum Gasteiger partial charge on any atom is -0.480 e. The molecule has 1 unspecified atom stereocenters. The number of fused-ring (bicyclic) bond motifs is 1. The Kier molecular flexibility index (Phi) is 5.72. The highest BCUT2D eigenvalue weighted by Crippen LogP contribution is 2.27. The van der Waals surface area contributed by atoms with E-state index in [9.17, 15) is 9.18 Å². The van der Waals surface area contributed by atoms with Crippen molar-refractivity contribution in [1.29, 1.82) is 0 Å². The van der Waals surface area contributed by atoms with Gasteiger partial charge in [0.25, 0.3) is 5.91 Å². The van der Waals surface area contributed by atoms with E-state index in [0.29, 0.717) is 54.3 Å². The molecule has 160 valence electrons. The van der Waals surface area contributed by atoms with Gasteiger partial charge in [-0.1, -0.05) is 6.07 Å². The Bertz CT molecular complexity index is 1120. The number of halogens is 1. The van der Waals surface area contributed by atoms with Crippen LogP contribution in [0, 0.1) is 5.82 Å². The number of methoxy groups -OCH3 is 1. The Morgan fingerprint density at radius 2 is 2.06 bits per heavy atom. The van der Waals surface area contributed by atoms with Gasteiger partial charge in [-0.3, -0.25) is 9.78 Å². The van der Waals surface area contributed by atoms with Gasteiger partial charge >= 0.3 is 0 Å². The summed E-state index contributed by atoms with van der Waals surface area (Å²) in [6.07, 6.45) is 5.37. The largest absolute Gasteiger partial charge is 0.480 e. The Morgan fingerprint density at radius 3 is 2.84 bits per heavy atom. The predicted molar refractivity (Wildman–Crippen MR) is 112 cm³/mol. The van der Waals surface area contributed by atoms with Crippen molar-refractivity contribution in [2.45, 2.75) is 18.9 Å². The molecule has 0 bridgehead atoms. The van der Waals surface area contributed by atoms with Gasteiger partial charge in [-0.05, 0) is 24.1 Å². The van der Waals surface area contributed by atoms with Gasteiger partial charge in [0.1, 0.15) is 5.82 Å². The number of hydrogen-bond donors (Lipinski definition) is 2. The van der Waals surface area contributed by atoms with Crippen LogP contribution in [0.4, 0.5) is 10.3 Å². The maximum atomic E-state index is 14.6. The molecule has 3 heterocycles. The van der Waals surface area contributed by atoms with Crippen LogP contribution < -0.4 is 16.2 Å². The van der Waals surface area contributed by atoms with Crippen LogP contribution in [0.5, 0.6) is 5.88 Å². The monoisotopic (exact) mass is 423 g/mol. The smallest absolute Gasteiger partial charge is 0.257 e. The number of nitrogens with two attached hydrogens (primary N) is 2.